The van der Waals surface area contributed by atoms with Crippen molar-refractivity contribution in [2.45, 2.75) is 11.8 Å². The molecule has 2 aliphatic heterocycles. The average Bonchev–Trinajstić information content (AvgIpc) is 2.88. The quantitative estimate of drug-likeness (QED) is 0.825. The molecule has 1 N–H and O–H groups in total. The van der Waals surface area contributed by atoms with Crippen molar-refractivity contribution < 1.29 is 9.18 Å². The molecule has 2 heterocycles. The van der Waals surface area contributed by atoms with Crippen molar-refractivity contribution in [1.82, 2.24) is 5.32 Å². The molecule has 1 spiro atoms. The number of nitrogens with one attached hydrogen (secondary N) is 1. The second-order valence-electron chi connectivity index (χ2n) is 4.17. The van der Waals surface area contributed by atoms with E-state index < -0.39 is 4.87 Å². The molecule has 0 radical (unpaired) electrons. The van der Waals surface area contributed by atoms with Gasteiger partial charge in [0.05, 0.1) is 5.69 Å². The van der Waals surface area contributed by atoms with E-state index in [-0.39, 0.29) is 11.7 Å². The van der Waals surface area contributed by atoms with Crippen LogP contribution in [0.25, 0.3) is 0 Å². The van der Waals surface area contributed by atoms with Crippen LogP contribution in [-0.4, -0.2) is 24.7 Å². The molecule has 1 unspecified atom stereocenters. The van der Waals surface area contributed by atoms with Gasteiger partial charge in [0, 0.05) is 24.4 Å². The van der Waals surface area contributed by atoms with Crippen molar-refractivity contribution in [3.63, 3.8) is 0 Å². The molecule has 5 heteroatoms. The van der Waals surface area contributed by atoms with E-state index in [9.17, 15) is 9.18 Å². The van der Waals surface area contributed by atoms with Crippen molar-refractivity contribution in [2.75, 3.05) is 23.7 Å². The number of amides is 1. The predicted molar refractivity (Wildman–Crippen MR) is 66.6 cm³/mol. The van der Waals surface area contributed by atoms with Gasteiger partial charge >= 0.3 is 0 Å². The summed E-state index contributed by atoms with van der Waals surface area (Å²) in [6.45, 7) is 3.33. The van der Waals surface area contributed by atoms with E-state index in [2.05, 4.69) is 5.32 Å². The van der Waals surface area contributed by atoms with Gasteiger partial charge in [-0.1, -0.05) is 0 Å². The van der Waals surface area contributed by atoms with Gasteiger partial charge in [-0.3, -0.25) is 10.1 Å². The summed E-state index contributed by atoms with van der Waals surface area (Å²) in [6.07, 6.45) is 0. The van der Waals surface area contributed by atoms with Crippen LogP contribution in [0.3, 0.4) is 0 Å². The lowest BCUT2D eigenvalue weighted by molar-refractivity contribution is -0.120. The number of thioether (sulfide) groups is 1. The molecule has 0 aliphatic carbocycles. The molecule has 1 fully saturated rings. The van der Waals surface area contributed by atoms with E-state index in [1.807, 2.05) is 6.92 Å². The molecule has 1 aromatic rings. The third kappa shape index (κ3) is 1.35. The minimum Gasteiger partial charge on any atom is -0.310 e. The molecular formula is C12H13FN2OS. The Morgan fingerprint density at radius 1 is 1.59 bits per heavy atom. The Kier molecular flexibility index (Phi) is 2.41. The maximum Gasteiger partial charge on any atom is 0.262 e. The van der Waals surface area contributed by atoms with Gasteiger partial charge in [-0.25, -0.2) is 4.39 Å². The highest BCUT2D eigenvalue weighted by Crippen LogP contribution is 2.49. The summed E-state index contributed by atoms with van der Waals surface area (Å²) in [5.41, 5.74) is 1.60. The first-order valence-electron chi connectivity index (χ1n) is 5.70. The maximum absolute atomic E-state index is 13.4. The van der Waals surface area contributed by atoms with Crippen LogP contribution in [0.15, 0.2) is 18.2 Å². The van der Waals surface area contributed by atoms with Gasteiger partial charge in [0.15, 0.2) is 4.87 Å². The first kappa shape index (κ1) is 11.0. The Balaban J connectivity index is 2.21. The summed E-state index contributed by atoms with van der Waals surface area (Å²) in [6, 6.07) is 4.59. The maximum atomic E-state index is 13.4. The van der Waals surface area contributed by atoms with Crippen LogP contribution in [0.4, 0.5) is 10.1 Å². The number of halogens is 1. The Hall–Kier alpha value is -1.07. The second kappa shape index (κ2) is 3.71. The summed E-state index contributed by atoms with van der Waals surface area (Å²) in [5.74, 6) is 0.616. The van der Waals surface area contributed by atoms with E-state index in [1.165, 1.54) is 12.1 Å². The number of hydrogen-bond donors (Lipinski definition) is 1. The van der Waals surface area contributed by atoms with Gasteiger partial charge in [0.25, 0.3) is 5.91 Å². The normalized spacial score (nSPS) is 26.9. The first-order chi connectivity index (χ1) is 8.19. The minimum atomic E-state index is -0.743. The van der Waals surface area contributed by atoms with E-state index in [1.54, 1.807) is 22.7 Å². The average molecular weight is 252 g/mol. The fraction of sp³-hybridized carbons (Fsp3) is 0.417. The number of anilines is 1. The predicted octanol–water partition coefficient (Wildman–Crippen LogP) is 1.68. The molecule has 0 saturated carbocycles. The molecule has 1 saturated heterocycles. The van der Waals surface area contributed by atoms with Crippen molar-refractivity contribution in [3.05, 3.63) is 29.6 Å². The highest BCUT2D eigenvalue weighted by molar-refractivity contribution is 8.01. The molecular weight excluding hydrogens is 239 g/mol. The van der Waals surface area contributed by atoms with Crippen molar-refractivity contribution >= 4 is 23.4 Å². The van der Waals surface area contributed by atoms with E-state index >= 15 is 0 Å². The van der Waals surface area contributed by atoms with Gasteiger partial charge in [-0.05, 0) is 25.1 Å². The first-order valence-corrected chi connectivity index (χ1v) is 6.68. The van der Waals surface area contributed by atoms with Gasteiger partial charge in [0.1, 0.15) is 5.82 Å². The second-order valence-corrected chi connectivity index (χ2v) is 5.48. The topological polar surface area (TPSA) is 32.3 Å². The molecule has 17 heavy (non-hydrogen) atoms. The van der Waals surface area contributed by atoms with Crippen molar-refractivity contribution in [3.8, 4) is 0 Å². The van der Waals surface area contributed by atoms with Crippen LogP contribution in [-0.2, 0) is 9.67 Å². The third-order valence-electron chi connectivity index (χ3n) is 3.29. The summed E-state index contributed by atoms with van der Waals surface area (Å²) in [5, 5.41) is 3.23. The Labute approximate surface area is 103 Å². The summed E-state index contributed by atoms with van der Waals surface area (Å²) in [4.78, 5) is 13.4. The smallest absolute Gasteiger partial charge is 0.262 e. The van der Waals surface area contributed by atoms with Gasteiger partial charge < -0.3 is 4.90 Å². The van der Waals surface area contributed by atoms with Crippen LogP contribution in [0.5, 0.6) is 0 Å². The van der Waals surface area contributed by atoms with E-state index in [0.717, 1.165) is 23.5 Å². The molecule has 2 aliphatic rings. The zero-order valence-electron chi connectivity index (χ0n) is 9.50. The Morgan fingerprint density at radius 3 is 3.06 bits per heavy atom. The number of likely N-dealkylation sites (N-methyl/N-ethyl adjacent to an activating group) is 1. The number of rotatable bonds is 1. The molecule has 1 aromatic carbocycles. The number of fused-ring (bicyclic) bond motifs is 2. The molecule has 3 rings (SSSR count). The number of carbonyl (C=O) groups excluding carboxylic acids is 1. The van der Waals surface area contributed by atoms with Crippen LogP contribution in [0, 0.1) is 5.82 Å². The lowest BCUT2D eigenvalue weighted by atomic mass is 10.1. The van der Waals surface area contributed by atoms with Gasteiger partial charge in [-0.2, -0.15) is 0 Å². The SMILES string of the molecule is CCN1C(=O)C2(NCCS2)c2cc(F)ccc21. The monoisotopic (exact) mass is 252 g/mol. The Bertz CT molecular complexity index is 485. The standard InChI is InChI=1S/C12H13FN2OS/c1-2-15-10-4-3-8(13)7-9(10)12(11(15)16)14-5-6-17-12/h3-4,7,14H,2,5-6H2,1H3. The summed E-state index contributed by atoms with van der Waals surface area (Å²) < 4.78 is 13.4. The molecule has 1 amide bonds. The summed E-state index contributed by atoms with van der Waals surface area (Å²) >= 11 is 1.56. The van der Waals surface area contributed by atoms with Crippen molar-refractivity contribution in [1.29, 1.82) is 0 Å². The molecule has 3 nitrogen and oxygen atoms in total. The fourth-order valence-electron chi connectivity index (χ4n) is 2.55. The van der Waals surface area contributed by atoms with Gasteiger partial charge in [0.2, 0.25) is 0 Å². The summed E-state index contributed by atoms with van der Waals surface area (Å²) in [7, 11) is 0. The fourth-order valence-corrected chi connectivity index (χ4v) is 3.81. The number of benzene rings is 1. The van der Waals surface area contributed by atoms with E-state index in [4.69, 9.17) is 0 Å². The van der Waals surface area contributed by atoms with Crippen LogP contribution < -0.4 is 10.2 Å². The number of hydrogen-bond acceptors (Lipinski definition) is 3. The zero-order chi connectivity index (χ0) is 12.0. The minimum absolute atomic E-state index is 0.0306. The highest BCUT2D eigenvalue weighted by Gasteiger charge is 2.53. The number of nitrogens with zero attached hydrogens (tertiary/aromatic N) is 1. The highest BCUT2D eigenvalue weighted by atomic mass is 32.2. The lowest BCUT2D eigenvalue weighted by Gasteiger charge is -2.22. The van der Waals surface area contributed by atoms with Gasteiger partial charge in [-0.15, -0.1) is 11.8 Å². The number of carbonyl (C=O) groups is 1. The van der Waals surface area contributed by atoms with Crippen LogP contribution in [0.1, 0.15) is 12.5 Å². The third-order valence-corrected chi connectivity index (χ3v) is 4.67. The molecule has 0 bridgehead atoms. The van der Waals surface area contributed by atoms with Crippen molar-refractivity contribution in [2.24, 2.45) is 0 Å². The van der Waals surface area contributed by atoms with Crippen LogP contribution in [0.2, 0.25) is 0 Å². The molecule has 1 atom stereocenters. The molecule has 0 aromatic heterocycles. The zero-order valence-corrected chi connectivity index (χ0v) is 10.3. The largest absolute Gasteiger partial charge is 0.310 e. The van der Waals surface area contributed by atoms with Crippen LogP contribution >= 0.6 is 11.8 Å². The van der Waals surface area contributed by atoms with E-state index in [0.29, 0.717) is 6.54 Å². The lowest BCUT2D eigenvalue weighted by Crippen LogP contribution is -2.45. The molecule has 90 valence electrons. The Morgan fingerprint density at radius 2 is 2.41 bits per heavy atom.